The van der Waals surface area contributed by atoms with Gasteiger partial charge >= 0.3 is 0 Å². The number of pyridine rings is 1. The van der Waals surface area contributed by atoms with E-state index >= 15 is 0 Å². The van der Waals surface area contributed by atoms with Gasteiger partial charge in [-0.2, -0.15) is 0 Å². The van der Waals surface area contributed by atoms with E-state index < -0.39 is 0 Å². The molecule has 1 amide bonds. The van der Waals surface area contributed by atoms with Crippen molar-refractivity contribution in [3.8, 4) is 0 Å². The summed E-state index contributed by atoms with van der Waals surface area (Å²) in [5.41, 5.74) is 0.703. The van der Waals surface area contributed by atoms with Crippen LogP contribution in [0.25, 0.3) is 0 Å². The van der Waals surface area contributed by atoms with Crippen molar-refractivity contribution in [3.63, 3.8) is 0 Å². The molecular formula is C17H28N4O. The molecule has 5 nitrogen and oxygen atoms in total. The van der Waals surface area contributed by atoms with Gasteiger partial charge in [-0.25, -0.2) is 4.98 Å². The number of hydrogen-bond donors (Lipinski definition) is 1. The smallest absolute Gasteiger partial charge is 0.255 e. The highest BCUT2D eigenvalue weighted by molar-refractivity contribution is 5.98. The molecule has 0 saturated carbocycles. The van der Waals surface area contributed by atoms with Crippen molar-refractivity contribution < 1.29 is 4.79 Å². The molecule has 5 heteroatoms. The zero-order valence-corrected chi connectivity index (χ0v) is 13.8. The molecule has 1 aromatic heterocycles. The molecule has 0 aromatic carbocycles. The van der Waals surface area contributed by atoms with E-state index in [1.807, 2.05) is 26.2 Å². The molecule has 22 heavy (non-hydrogen) atoms. The van der Waals surface area contributed by atoms with E-state index in [-0.39, 0.29) is 5.91 Å². The minimum atomic E-state index is -0.00824. The molecule has 2 rings (SSSR count). The molecule has 122 valence electrons. The zero-order valence-electron chi connectivity index (χ0n) is 13.8. The highest BCUT2D eigenvalue weighted by Crippen LogP contribution is 2.21. The van der Waals surface area contributed by atoms with Crippen molar-refractivity contribution in [2.45, 2.75) is 32.1 Å². The van der Waals surface area contributed by atoms with Gasteiger partial charge in [0.05, 0.1) is 5.56 Å². The largest absolute Gasteiger partial charge is 0.356 e. The third kappa shape index (κ3) is 4.98. The average Bonchev–Trinajstić information content (AvgIpc) is 2.80. The fourth-order valence-corrected chi connectivity index (χ4v) is 2.80. The van der Waals surface area contributed by atoms with Gasteiger partial charge in [0.15, 0.2) is 0 Å². The first kappa shape index (κ1) is 16.7. The van der Waals surface area contributed by atoms with Gasteiger partial charge in [-0.3, -0.25) is 4.79 Å². The maximum atomic E-state index is 12.4. The summed E-state index contributed by atoms with van der Waals surface area (Å²) in [4.78, 5) is 21.3. The molecule has 0 spiro atoms. The number of anilines is 1. The number of amides is 1. The van der Waals surface area contributed by atoms with E-state index in [2.05, 4.69) is 20.1 Å². The van der Waals surface area contributed by atoms with Crippen molar-refractivity contribution in [2.75, 3.05) is 45.2 Å². The quantitative estimate of drug-likeness (QED) is 0.818. The van der Waals surface area contributed by atoms with E-state index in [0.29, 0.717) is 12.1 Å². The van der Waals surface area contributed by atoms with Crippen molar-refractivity contribution in [3.05, 3.63) is 23.9 Å². The average molecular weight is 304 g/mol. The highest BCUT2D eigenvalue weighted by atomic mass is 16.1. The molecule has 0 aliphatic carbocycles. The maximum Gasteiger partial charge on any atom is 0.255 e. The normalized spacial score (nSPS) is 15.7. The van der Waals surface area contributed by atoms with E-state index in [9.17, 15) is 4.79 Å². The van der Waals surface area contributed by atoms with Gasteiger partial charge in [-0.1, -0.05) is 12.8 Å². The Bertz CT molecular complexity index is 467. The summed E-state index contributed by atoms with van der Waals surface area (Å²) in [7, 11) is 4.08. The first-order valence-electron chi connectivity index (χ1n) is 8.31. The van der Waals surface area contributed by atoms with Crippen LogP contribution in [0.2, 0.25) is 0 Å². The molecule has 0 radical (unpaired) electrons. The highest BCUT2D eigenvalue weighted by Gasteiger charge is 2.18. The SMILES string of the molecule is CN(C)CCCNC(=O)c1cccnc1N1CCCCCC1. The first-order chi connectivity index (χ1) is 10.7. The molecule has 2 heterocycles. The minimum absolute atomic E-state index is 0.00824. The van der Waals surface area contributed by atoms with Crippen molar-refractivity contribution in [1.82, 2.24) is 15.2 Å². The summed E-state index contributed by atoms with van der Waals surface area (Å²) in [6, 6.07) is 3.73. The van der Waals surface area contributed by atoms with Crippen LogP contribution < -0.4 is 10.2 Å². The Morgan fingerprint density at radius 1 is 1.27 bits per heavy atom. The Kier molecular flexibility index (Phi) is 6.65. The summed E-state index contributed by atoms with van der Waals surface area (Å²) in [5, 5.41) is 3.02. The summed E-state index contributed by atoms with van der Waals surface area (Å²) < 4.78 is 0. The first-order valence-corrected chi connectivity index (χ1v) is 8.31. The van der Waals surface area contributed by atoms with Gasteiger partial charge in [0.25, 0.3) is 5.91 Å². The van der Waals surface area contributed by atoms with E-state index in [1.165, 1.54) is 25.7 Å². The topological polar surface area (TPSA) is 48.5 Å². The van der Waals surface area contributed by atoms with E-state index in [0.717, 1.165) is 31.9 Å². The Morgan fingerprint density at radius 3 is 2.68 bits per heavy atom. The monoisotopic (exact) mass is 304 g/mol. The Labute approximate surface area is 133 Å². The van der Waals surface area contributed by atoms with E-state index in [4.69, 9.17) is 0 Å². The van der Waals surface area contributed by atoms with Crippen molar-refractivity contribution in [1.29, 1.82) is 0 Å². The number of hydrogen-bond acceptors (Lipinski definition) is 4. The van der Waals surface area contributed by atoms with Crippen LogP contribution in [0.3, 0.4) is 0 Å². The number of nitrogens with zero attached hydrogens (tertiary/aromatic N) is 3. The summed E-state index contributed by atoms with van der Waals surface area (Å²) in [6.07, 6.45) is 7.65. The molecule has 1 fully saturated rings. The van der Waals surface area contributed by atoms with Crippen LogP contribution in [0.15, 0.2) is 18.3 Å². The molecule has 1 aliphatic heterocycles. The number of nitrogens with one attached hydrogen (secondary N) is 1. The van der Waals surface area contributed by atoms with Gasteiger partial charge in [0.1, 0.15) is 5.82 Å². The Morgan fingerprint density at radius 2 is 2.00 bits per heavy atom. The van der Waals surface area contributed by atoms with Crippen molar-refractivity contribution in [2.24, 2.45) is 0 Å². The fraction of sp³-hybridized carbons (Fsp3) is 0.647. The third-order valence-corrected chi connectivity index (χ3v) is 4.00. The number of aromatic nitrogens is 1. The van der Waals surface area contributed by atoms with Crippen LogP contribution >= 0.6 is 0 Å². The molecule has 0 atom stereocenters. The van der Waals surface area contributed by atoms with Gasteiger partial charge in [0, 0.05) is 25.8 Å². The van der Waals surface area contributed by atoms with Crippen LogP contribution in [0.5, 0.6) is 0 Å². The summed E-state index contributed by atoms with van der Waals surface area (Å²) >= 11 is 0. The molecule has 1 saturated heterocycles. The second-order valence-electron chi connectivity index (χ2n) is 6.19. The molecule has 1 aromatic rings. The summed E-state index contributed by atoms with van der Waals surface area (Å²) in [5.74, 6) is 0.834. The number of carbonyl (C=O) groups excluding carboxylic acids is 1. The van der Waals surface area contributed by atoms with Gasteiger partial charge in [-0.05, 0) is 52.0 Å². The zero-order chi connectivity index (χ0) is 15.8. The lowest BCUT2D eigenvalue weighted by Crippen LogP contribution is -2.31. The molecule has 0 unspecified atom stereocenters. The lowest BCUT2D eigenvalue weighted by Gasteiger charge is -2.23. The second-order valence-corrected chi connectivity index (χ2v) is 6.19. The van der Waals surface area contributed by atoms with Crippen LogP contribution in [0.1, 0.15) is 42.5 Å². The molecule has 1 N–H and O–H groups in total. The standard InChI is InChI=1S/C17H28N4O/c1-20(2)12-8-11-19-17(22)15-9-7-10-18-16(15)21-13-5-3-4-6-14-21/h7,9-10H,3-6,8,11-14H2,1-2H3,(H,19,22). The van der Waals surface area contributed by atoms with Gasteiger partial charge in [-0.15, -0.1) is 0 Å². The third-order valence-electron chi connectivity index (χ3n) is 4.00. The van der Waals surface area contributed by atoms with E-state index in [1.54, 1.807) is 6.20 Å². The lowest BCUT2D eigenvalue weighted by atomic mass is 10.2. The lowest BCUT2D eigenvalue weighted by molar-refractivity contribution is 0.0952. The Balaban J connectivity index is 1.99. The predicted molar refractivity (Wildman–Crippen MR) is 90.4 cm³/mol. The Hall–Kier alpha value is -1.62. The van der Waals surface area contributed by atoms with Crippen LogP contribution in [-0.4, -0.2) is 56.1 Å². The van der Waals surface area contributed by atoms with Crippen LogP contribution in [0, 0.1) is 0 Å². The second kappa shape index (κ2) is 8.73. The number of carbonyl (C=O) groups is 1. The molecular weight excluding hydrogens is 276 g/mol. The summed E-state index contributed by atoms with van der Waals surface area (Å²) in [6.45, 7) is 3.67. The fourth-order valence-electron chi connectivity index (χ4n) is 2.80. The predicted octanol–water partition coefficient (Wildman–Crippen LogP) is 2.14. The maximum absolute atomic E-state index is 12.4. The molecule has 0 bridgehead atoms. The van der Waals surface area contributed by atoms with Crippen molar-refractivity contribution >= 4 is 11.7 Å². The molecule has 1 aliphatic rings. The number of rotatable bonds is 6. The van der Waals surface area contributed by atoms with Gasteiger partial charge < -0.3 is 15.1 Å². The van der Waals surface area contributed by atoms with Crippen LogP contribution in [0.4, 0.5) is 5.82 Å². The van der Waals surface area contributed by atoms with Crippen LogP contribution in [-0.2, 0) is 0 Å². The minimum Gasteiger partial charge on any atom is -0.356 e. The van der Waals surface area contributed by atoms with Gasteiger partial charge in [0.2, 0.25) is 0 Å².